The van der Waals surface area contributed by atoms with Gasteiger partial charge < -0.3 is 8.98 Å². The van der Waals surface area contributed by atoms with Crippen molar-refractivity contribution in [1.29, 1.82) is 0 Å². The molecule has 0 spiro atoms. The highest BCUT2D eigenvalue weighted by atomic mass is 79.9. The van der Waals surface area contributed by atoms with E-state index in [1.165, 1.54) is 21.9 Å². The number of halogens is 1. The summed E-state index contributed by atoms with van der Waals surface area (Å²) < 4.78 is 9.76. The molecule has 2 heterocycles. The van der Waals surface area contributed by atoms with Crippen LogP contribution >= 0.6 is 15.9 Å². The minimum absolute atomic E-state index is 0.931. The number of hydrogen-bond acceptors (Lipinski definition) is 1. The molecule has 0 aliphatic rings. The van der Waals surface area contributed by atoms with Gasteiger partial charge in [-0.15, -0.1) is 0 Å². The van der Waals surface area contributed by atoms with E-state index in [9.17, 15) is 0 Å². The summed E-state index contributed by atoms with van der Waals surface area (Å²) in [5.41, 5.74) is 6.60. The molecule has 0 aliphatic carbocycles. The molecule has 2 aromatic heterocycles. The van der Waals surface area contributed by atoms with Crippen molar-refractivity contribution < 1.29 is 4.42 Å². The zero-order valence-corrected chi connectivity index (χ0v) is 16.8. The highest BCUT2D eigenvalue weighted by Crippen LogP contribution is 2.40. The first kappa shape index (κ1) is 16.0. The van der Waals surface area contributed by atoms with Gasteiger partial charge in [-0.2, -0.15) is 0 Å². The highest BCUT2D eigenvalue weighted by Gasteiger charge is 2.18. The van der Waals surface area contributed by atoms with Gasteiger partial charge in [0.25, 0.3) is 0 Å². The number of aromatic nitrogens is 1. The number of para-hydroxylation sites is 2. The topological polar surface area (TPSA) is 18.1 Å². The molecule has 0 saturated carbocycles. The van der Waals surface area contributed by atoms with E-state index in [4.69, 9.17) is 4.42 Å². The number of hydrogen-bond donors (Lipinski definition) is 0. The van der Waals surface area contributed by atoms with Crippen LogP contribution in [0.3, 0.4) is 0 Å². The standard InChI is InChI=1S/C25H16BrNO/c1-15-12-16(26)14-17(13-15)27-21-8-4-2-7-20(21)24-22(27)11-10-19-18-6-3-5-9-23(18)28-25(19)24/h2-14H,1H3. The van der Waals surface area contributed by atoms with Gasteiger partial charge in [0.1, 0.15) is 11.2 Å². The van der Waals surface area contributed by atoms with Crippen LogP contribution in [0, 0.1) is 6.92 Å². The van der Waals surface area contributed by atoms with Crippen LogP contribution < -0.4 is 0 Å². The SMILES string of the molecule is Cc1cc(Br)cc(-n2c3ccccc3c3c4oc5ccccc5c4ccc32)c1. The Morgan fingerprint density at radius 3 is 2.39 bits per heavy atom. The third-order valence-electron chi connectivity index (χ3n) is 5.47. The van der Waals surface area contributed by atoms with Crippen LogP contribution in [0.4, 0.5) is 0 Å². The smallest absolute Gasteiger partial charge is 0.145 e. The van der Waals surface area contributed by atoms with Crippen LogP contribution in [0.1, 0.15) is 5.56 Å². The normalized spacial score (nSPS) is 11.9. The number of rotatable bonds is 1. The van der Waals surface area contributed by atoms with Crippen LogP contribution in [-0.4, -0.2) is 4.57 Å². The summed E-state index contributed by atoms with van der Waals surface area (Å²) in [6, 6.07) is 27.7. The fourth-order valence-corrected chi connectivity index (χ4v) is 4.95. The minimum Gasteiger partial charge on any atom is -0.455 e. The van der Waals surface area contributed by atoms with Crippen LogP contribution in [0.15, 0.2) is 87.8 Å². The molecule has 0 unspecified atom stereocenters. The summed E-state index contributed by atoms with van der Waals surface area (Å²) in [6.07, 6.45) is 0. The van der Waals surface area contributed by atoms with Gasteiger partial charge in [0.05, 0.1) is 16.4 Å². The molecule has 0 atom stereocenters. The van der Waals surface area contributed by atoms with Crippen molar-refractivity contribution in [3.05, 3.63) is 88.9 Å². The Morgan fingerprint density at radius 2 is 1.54 bits per heavy atom. The van der Waals surface area contributed by atoms with Crippen molar-refractivity contribution in [1.82, 2.24) is 4.57 Å². The summed E-state index contributed by atoms with van der Waals surface area (Å²) in [4.78, 5) is 0. The summed E-state index contributed by atoms with van der Waals surface area (Å²) in [7, 11) is 0. The van der Waals surface area contributed by atoms with Crippen LogP contribution in [-0.2, 0) is 0 Å². The van der Waals surface area contributed by atoms with Gasteiger partial charge in [0.2, 0.25) is 0 Å². The maximum absolute atomic E-state index is 6.35. The van der Waals surface area contributed by atoms with Gasteiger partial charge in [-0.05, 0) is 55.0 Å². The van der Waals surface area contributed by atoms with Gasteiger partial charge in [-0.3, -0.25) is 0 Å². The summed E-state index contributed by atoms with van der Waals surface area (Å²) in [5.74, 6) is 0. The van der Waals surface area contributed by atoms with Crippen molar-refractivity contribution in [2.24, 2.45) is 0 Å². The quantitative estimate of drug-likeness (QED) is 0.263. The average molecular weight is 426 g/mol. The van der Waals surface area contributed by atoms with Gasteiger partial charge in [-0.25, -0.2) is 0 Å². The lowest BCUT2D eigenvalue weighted by Gasteiger charge is -2.09. The van der Waals surface area contributed by atoms with Crippen molar-refractivity contribution in [2.45, 2.75) is 6.92 Å². The maximum Gasteiger partial charge on any atom is 0.145 e. The first-order valence-corrected chi connectivity index (χ1v) is 10.1. The number of aryl methyl sites for hydroxylation is 1. The molecule has 3 heteroatoms. The summed E-state index contributed by atoms with van der Waals surface area (Å²) in [5, 5.41) is 4.70. The Kier molecular flexibility index (Phi) is 3.27. The molecule has 0 radical (unpaired) electrons. The number of benzene rings is 4. The maximum atomic E-state index is 6.35. The van der Waals surface area contributed by atoms with Crippen LogP contribution in [0.5, 0.6) is 0 Å². The molecule has 6 rings (SSSR count). The Hall–Kier alpha value is -3.04. The Balaban J connectivity index is 1.85. The second-order valence-corrected chi connectivity index (χ2v) is 8.19. The van der Waals surface area contributed by atoms with E-state index < -0.39 is 0 Å². The van der Waals surface area contributed by atoms with Gasteiger partial charge >= 0.3 is 0 Å². The lowest BCUT2D eigenvalue weighted by Crippen LogP contribution is -1.94. The van der Waals surface area contributed by atoms with Crippen LogP contribution in [0.25, 0.3) is 49.4 Å². The second-order valence-electron chi connectivity index (χ2n) is 7.27. The van der Waals surface area contributed by atoms with Crippen molar-refractivity contribution >= 4 is 59.7 Å². The van der Waals surface area contributed by atoms with Crippen LogP contribution in [0.2, 0.25) is 0 Å². The van der Waals surface area contributed by atoms with E-state index in [2.05, 4.69) is 94.2 Å². The van der Waals surface area contributed by atoms with E-state index in [0.717, 1.165) is 37.6 Å². The Labute approximate surface area is 170 Å². The predicted octanol–water partition coefficient (Wildman–Crippen LogP) is 7.75. The molecule has 0 amide bonds. The molecule has 6 aromatic rings. The van der Waals surface area contributed by atoms with Crippen molar-refractivity contribution in [3.8, 4) is 5.69 Å². The molecule has 28 heavy (non-hydrogen) atoms. The third kappa shape index (κ3) is 2.14. The summed E-state index contributed by atoms with van der Waals surface area (Å²) in [6.45, 7) is 2.12. The molecule has 134 valence electrons. The molecular weight excluding hydrogens is 410 g/mol. The number of fused-ring (bicyclic) bond motifs is 7. The average Bonchev–Trinajstić information content (AvgIpc) is 3.22. The van der Waals surface area contributed by atoms with E-state index >= 15 is 0 Å². The van der Waals surface area contributed by atoms with E-state index in [-0.39, 0.29) is 0 Å². The second kappa shape index (κ2) is 5.73. The largest absolute Gasteiger partial charge is 0.455 e. The molecule has 0 bridgehead atoms. The fraction of sp³-hybridized carbons (Fsp3) is 0.0400. The fourth-order valence-electron chi connectivity index (χ4n) is 4.36. The minimum atomic E-state index is 0.931. The molecule has 0 saturated heterocycles. The van der Waals surface area contributed by atoms with Gasteiger partial charge in [0, 0.05) is 26.3 Å². The first-order valence-electron chi connectivity index (χ1n) is 9.32. The van der Waals surface area contributed by atoms with E-state index in [1.807, 2.05) is 12.1 Å². The molecule has 0 N–H and O–H groups in total. The van der Waals surface area contributed by atoms with Crippen molar-refractivity contribution in [2.75, 3.05) is 0 Å². The predicted molar refractivity (Wildman–Crippen MR) is 120 cm³/mol. The number of nitrogens with zero attached hydrogens (tertiary/aromatic N) is 1. The zero-order chi connectivity index (χ0) is 18.8. The monoisotopic (exact) mass is 425 g/mol. The van der Waals surface area contributed by atoms with Gasteiger partial charge in [0.15, 0.2) is 0 Å². The molecule has 0 fully saturated rings. The molecule has 0 aliphatic heterocycles. The molecule has 4 aromatic carbocycles. The van der Waals surface area contributed by atoms with E-state index in [0.29, 0.717) is 0 Å². The van der Waals surface area contributed by atoms with Crippen molar-refractivity contribution in [3.63, 3.8) is 0 Å². The van der Waals surface area contributed by atoms with Gasteiger partial charge in [-0.1, -0.05) is 52.3 Å². The molecule has 2 nitrogen and oxygen atoms in total. The number of furan rings is 1. The lowest BCUT2D eigenvalue weighted by atomic mass is 10.1. The Bertz CT molecular complexity index is 1520. The molecular formula is C25H16BrNO. The summed E-state index contributed by atoms with van der Waals surface area (Å²) >= 11 is 3.66. The Morgan fingerprint density at radius 1 is 0.750 bits per heavy atom. The first-order chi connectivity index (χ1) is 13.7. The van der Waals surface area contributed by atoms with E-state index in [1.54, 1.807) is 0 Å². The lowest BCUT2D eigenvalue weighted by molar-refractivity contribution is 0.673. The highest BCUT2D eigenvalue weighted by molar-refractivity contribution is 9.10. The third-order valence-corrected chi connectivity index (χ3v) is 5.92. The zero-order valence-electron chi connectivity index (χ0n) is 15.2.